The molecular weight excluding hydrogens is 324 g/mol. The molecule has 7 nitrogen and oxygen atoms in total. The van der Waals surface area contributed by atoms with Gasteiger partial charge in [-0.15, -0.1) is 0 Å². The topological polar surface area (TPSA) is 105 Å². The van der Waals surface area contributed by atoms with Crippen LogP contribution in [0.4, 0.5) is 5.69 Å². The lowest BCUT2D eigenvalue weighted by Crippen LogP contribution is -2.38. The Balaban J connectivity index is 2.21. The number of rotatable bonds is 6. The van der Waals surface area contributed by atoms with Crippen LogP contribution in [0.25, 0.3) is 0 Å². The summed E-state index contributed by atoms with van der Waals surface area (Å²) < 4.78 is 4.58. The van der Waals surface area contributed by atoms with Gasteiger partial charge in [-0.2, -0.15) is 0 Å². The summed E-state index contributed by atoms with van der Waals surface area (Å²) in [5.74, 6) is -2.29. The maximum atomic E-state index is 12.6. The molecule has 134 valence electrons. The molecule has 0 heterocycles. The second kappa shape index (κ2) is 8.86. The Labute approximate surface area is 146 Å². The van der Waals surface area contributed by atoms with Crippen LogP contribution < -0.4 is 10.6 Å². The number of methoxy groups -OCH3 is 1. The Bertz CT molecular complexity index is 678. The van der Waals surface area contributed by atoms with Gasteiger partial charge in [-0.1, -0.05) is 31.4 Å². The van der Waals surface area contributed by atoms with Crippen LogP contribution in [0.15, 0.2) is 36.0 Å². The van der Waals surface area contributed by atoms with Crippen molar-refractivity contribution in [1.29, 1.82) is 0 Å². The van der Waals surface area contributed by atoms with Crippen LogP contribution in [0.2, 0.25) is 0 Å². The molecule has 1 aliphatic carbocycles. The van der Waals surface area contributed by atoms with Gasteiger partial charge < -0.3 is 20.5 Å². The molecule has 0 radical (unpaired) electrons. The number of carbonyl (C=O) groups excluding carboxylic acids is 2. The number of nitrogens with one attached hydrogen (secondary N) is 2. The number of anilines is 1. The van der Waals surface area contributed by atoms with Crippen molar-refractivity contribution in [3.05, 3.63) is 41.6 Å². The lowest BCUT2D eigenvalue weighted by atomic mass is 9.95. The fraction of sp³-hybridized carbons (Fsp3) is 0.389. The van der Waals surface area contributed by atoms with Crippen molar-refractivity contribution in [1.82, 2.24) is 5.32 Å². The van der Waals surface area contributed by atoms with Gasteiger partial charge in [0.2, 0.25) is 0 Å². The molecule has 1 aromatic rings. The van der Waals surface area contributed by atoms with Crippen LogP contribution in [0, 0.1) is 0 Å². The van der Waals surface area contributed by atoms with E-state index in [0.29, 0.717) is 0 Å². The largest absolute Gasteiger partial charge is 0.478 e. The number of carboxylic acid groups (broad SMARTS) is 1. The van der Waals surface area contributed by atoms with E-state index in [4.69, 9.17) is 0 Å². The SMILES string of the molecule is COC(=O)C=C(Nc1ccccc1C(=O)O)C(=O)NC1CCCCC1. The summed E-state index contributed by atoms with van der Waals surface area (Å²) in [6.07, 6.45) is 6.07. The third-order valence-electron chi connectivity index (χ3n) is 4.08. The lowest BCUT2D eigenvalue weighted by Gasteiger charge is -2.23. The van der Waals surface area contributed by atoms with Crippen LogP contribution in [0.3, 0.4) is 0 Å². The summed E-state index contributed by atoms with van der Waals surface area (Å²) in [7, 11) is 1.21. The highest BCUT2D eigenvalue weighted by atomic mass is 16.5. The van der Waals surface area contributed by atoms with E-state index in [0.717, 1.165) is 38.2 Å². The van der Waals surface area contributed by atoms with E-state index in [1.165, 1.54) is 19.2 Å². The van der Waals surface area contributed by atoms with Crippen molar-refractivity contribution in [3.63, 3.8) is 0 Å². The zero-order chi connectivity index (χ0) is 18.2. The zero-order valence-electron chi connectivity index (χ0n) is 14.1. The van der Waals surface area contributed by atoms with Gasteiger partial charge in [0.15, 0.2) is 0 Å². The van der Waals surface area contributed by atoms with E-state index < -0.39 is 17.8 Å². The number of para-hydroxylation sites is 1. The van der Waals surface area contributed by atoms with Crippen LogP contribution in [-0.2, 0) is 14.3 Å². The highest BCUT2D eigenvalue weighted by Crippen LogP contribution is 2.20. The monoisotopic (exact) mass is 346 g/mol. The van der Waals surface area contributed by atoms with E-state index >= 15 is 0 Å². The van der Waals surface area contributed by atoms with E-state index in [-0.39, 0.29) is 23.0 Å². The third kappa shape index (κ3) is 5.34. The van der Waals surface area contributed by atoms with Crippen molar-refractivity contribution in [2.45, 2.75) is 38.1 Å². The van der Waals surface area contributed by atoms with Gasteiger partial charge in [-0.3, -0.25) is 4.79 Å². The van der Waals surface area contributed by atoms with Gasteiger partial charge in [-0.05, 0) is 25.0 Å². The van der Waals surface area contributed by atoms with Crippen molar-refractivity contribution in [2.24, 2.45) is 0 Å². The number of esters is 1. The zero-order valence-corrected chi connectivity index (χ0v) is 14.1. The molecule has 1 aliphatic rings. The first-order valence-electron chi connectivity index (χ1n) is 8.21. The highest BCUT2D eigenvalue weighted by Gasteiger charge is 2.20. The molecule has 0 saturated heterocycles. The molecule has 0 spiro atoms. The number of carbonyl (C=O) groups is 3. The maximum Gasteiger partial charge on any atom is 0.337 e. The Morgan fingerprint density at radius 3 is 2.48 bits per heavy atom. The molecule has 0 unspecified atom stereocenters. The summed E-state index contributed by atoms with van der Waals surface area (Å²) >= 11 is 0. The van der Waals surface area contributed by atoms with Crippen molar-refractivity contribution in [3.8, 4) is 0 Å². The summed E-state index contributed by atoms with van der Waals surface area (Å²) in [4.78, 5) is 35.5. The Morgan fingerprint density at radius 1 is 1.16 bits per heavy atom. The van der Waals surface area contributed by atoms with Gasteiger partial charge in [-0.25, -0.2) is 9.59 Å². The highest BCUT2D eigenvalue weighted by molar-refractivity contribution is 6.03. The molecular formula is C18H22N2O5. The molecule has 1 saturated carbocycles. The number of amides is 1. The lowest BCUT2D eigenvalue weighted by molar-refractivity contribution is -0.135. The number of ether oxygens (including phenoxy) is 1. The normalized spacial score (nSPS) is 15.3. The first kappa shape index (κ1) is 18.5. The van der Waals surface area contributed by atoms with Gasteiger partial charge in [0.05, 0.1) is 24.4 Å². The Hall–Kier alpha value is -2.83. The summed E-state index contributed by atoms with van der Waals surface area (Å²) in [5, 5.41) is 14.9. The number of carboxylic acids is 1. The van der Waals surface area contributed by atoms with Crippen LogP contribution in [0.5, 0.6) is 0 Å². The average molecular weight is 346 g/mol. The quantitative estimate of drug-likeness (QED) is 0.539. The average Bonchev–Trinajstić information content (AvgIpc) is 2.62. The molecule has 0 bridgehead atoms. The summed E-state index contributed by atoms with van der Waals surface area (Å²) in [6, 6.07) is 6.23. The van der Waals surface area contributed by atoms with Gasteiger partial charge in [0, 0.05) is 6.04 Å². The van der Waals surface area contributed by atoms with Crippen molar-refractivity contribution < 1.29 is 24.2 Å². The predicted octanol–water partition coefficient (Wildman–Crippen LogP) is 2.30. The smallest absolute Gasteiger partial charge is 0.337 e. The first-order chi connectivity index (χ1) is 12.0. The second-order valence-electron chi connectivity index (χ2n) is 5.87. The number of hydrogen-bond acceptors (Lipinski definition) is 5. The maximum absolute atomic E-state index is 12.6. The van der Waals surface area contributed by atoms with Crippen LogP contribution in [-0.4, -0.2) is 36.1 Å². The summed E-state index contributed by atoms with van der Waals surface area (Å²) in [5.41, 5.74) is 0.179. The minimum atomic E-state index is -1.13. The van der Waals surface area contributed by atoms with Gasteiger partial charge in [0.25, 0.3) is 5.91 Å². The molecule has 0 aliphatic heterocycles. The first-order valence-corrected chi connectivity index (χ1v) is 8.21. The molecule has 3 N–H and O–H groups in total. The van der Waals surface area contributed by atoms with Crippen LogP contribution >= 0.6 is 0 Å². The molecule has 1 aromatic carbocycles. The molecule has 0 aromatic heterocycles. The number of aromatic carboxylic acids is 1. The van der Waals surface area contributed by atoms with E-state index in [1.54, 1.807) is 12.1 Å². The Morgan fingerprint density at radius 2 is 1.84 bits per heavy atom. The third-order valence-corrected chi connectivity index (χ3v) is 4.08. The van der Waals surface area contributed by atoms with E-state index in [2.05, 4.69) is 15.4 Å². The minimum absolute atomic E-state index is 0.00346. The number of hydrogen-bond donors (Lipinski definition) is 3. The van der Waals surface area contributed by atoms with Crippen LogP contribution in [0.1, 0.15) is 42.5 Å². The molecule has 2 rings (SSSR count). The molecule has 0 atom stereocenters. The van der Waals surface area contributed by atoms with Crippen molar-refractivity contribution in [2.75, 3.05) is 12.4 Å². The van der Waals surface area contributed by atoms with Crippen molar-refractivity contribution >= 4 is 23.5 Å². The minimum Gasteiger partial charge on any atom is -0.478 e. The van der Waals surface area contributed by atoms with Gasteiger partial charge >= 0.3 is 11.9 Å². The Kier molecular flexibility index (Phi) is 6.56. The molecule has 7 heteroatoms. The fourth-order valence-electron chi connectivity index (χ4n) is 2.77. The van der Waals surface area contributed by atoms with Gasteiger partial charge in [0.1, 0.15) is 5.70 Å². The fourth-order valence-corrected chi connectivity index (χ4v) is 2.77. The standard InChI is InChI=1S/C18H22N2O5/c1-25-16(21)11-15(17(22)19-12-7-3-2-4-8-12)20-14-10-6-5-9-13(14)18(23)24/h5-6,9-12,20H,2-4,7-8H2,1H3,(H,19,22)(H,23,24). The molecule has 1 amide bonds. The molecule has 1 fully saturated rings. The predicted molar refractivity (Wildman–Crippen MR) is 92.1 cm³/mol. The number of benzene rings is 1. The second-order valence-corrected chi connectivity index (χ2v) is 5.87. The molecule has 25 heavy (non-hydrogen) atoms. The van der Waals surface area contributed by atoms with E-state index in [1.807, 2.05) is 0 Å². The van der Waals surface area contributed by atoms with E-state index in [9.17, 15) is 19.5 Å². The summed E-state index contributed by atoms with van der Waals surface area (Å²) in [6.45, 7) is 0.